The summed E-state index contributed by atoms with van der Waals surface area (Å²) in [5.41, 5.74) is 0. The number of hydrogen-bond donors (Lipinski definition) is 1. The van der Waals surface area contributed by atoms with E-state index in [9.17, 15) is 0 Å². The predicted octanol–water partition coefficient (Wildman–Crippen LogP) is 6.57. The van der Waals surface area contributed by atoms with Crippen molar-refractivity contribution in [2.75, 3.05) is 0 Å². The second kappa shape index (κ2) is 11.5. The standard InChI is InChI=1S/C21H43N/c1-6-20-13-7-8-15-21(22-19(5)12-10-14-20)16-9-11-18(4)17(2)3/h17-22H,6-16H2,1-5H3. The van der Waals surface area contributed by atoms with Crippen LogP contribution < -0.4 is 5.32 Å². The van der Waals surface area contributed by atoms with Gasteiger partial charge in [0.15, 0.2) is 0 Å². The van der Waals surface area contributed by atoms with Crippen molar-refractivity contribution < 1.29 is 0 Å². The molecule has 1 nitrogen and oxygen atoms in total. The summed E-state index contributed by atoms with van der Waals surface area (Å²) in [6.07, 6.45) is 15.6. The van der Waals surface area contributed by atoms with Crippen molar-refractivity contribution >= 4 is 0 Å². The second-order valence-electron chi connectivity index (χ2n) is 8.41. The fourth-order valence-corrected chi connectivity index (χ4v) is 3.91. The van der Waals surface area contributed by atoms with Gasteiger partial charge in [0.05, 0.1) is 0 Å². The molecular formula is C21H43N. The van der Waals surface area contributed by atoms with E-state index in [1.807, 2.05) is 0 Å². The van der Waals surface area contributed by atoms with Gasteiger partial charge in [-0.25, -0.2) is 0 Å². The SMILES string of the molecule is CCC1CCCCC(CCCC(C)C(C)C)NC(C)CCC1. The van der Waals surface area contributed by atoms with Gasteiger partial charge in [-0.3, -0.25) is 0 Å². The minimum atomic E-state index is 0.711. The fraction of sp³-hybridized carbons (Fsp3) is 1.00. The zero-order valence-corrected chi connectivity index (χ0v) is 16.2. The Kier molecular flexibility index (Phi) is 10.4. The van der Waals surface area contributed by atoms with Crippen molar-refractivity contribution in [1.82, 2.24) is 5.32 Å². The summed E-state index contributed by atoms with van der Waals surface area (Å²) >= 11 is 0. The van der Waals surface area contributed by atoms with Gasteiger partial charge in [0, 0.05) is 12.1 Å². The summed E-state index contributed by atoms with van der Waals surface area (Å²) in [6.45, 7) is 11.9. The van der Waals surface area contributed by atoms with Gasteiger partial charge < -0.3 is 5.32 Å². The highest BCUT2D eigenvalue weighted by molar-refractivity contribution is 4.75. The molecule has 1 heteroatoms. The van der Waals surface area contributed by atoms with Crippen LogP contribution in [0.4, 0.5) is 0 Å². The van der Waals surface area contributed by atoms with Gasteiger partial charge in [-0.2, -0.15) is 0 Å². The molecule has 1 aliphatic heterocycles. The molecule has 0 aromatic carbocycles. The maximum Gasteiger partial charge on any atom is 0.00695 e. The topological polar surface area (TPSA) is 12.0 Å². The molecule has 22 heavy (non-hydrogen) atoms. The molecule has 1 rings (SSSR count). The van der Waals surface area contributed by atoms with E-state index in [1.165, 1.54) is 70.6 Å². The van der Waals surface area contributed by atoms with E-state index in [0.29, 0.717) is 6.04 Å². The van der Waals surface area contributed by atoms with Crippen LogP contribution in [0.25, 0.3) is 0 Å². The molecule has 0 aliphatic carbocycles. The number of nitrogens with one attached hydrogen (secondary N) is 1. The first-order valence-electron chi connectivity index (χ1n) is 10.3. The van der Waals surface area contributed by atoms with E-state index >= 15 is 0 Å². The Hall–Kier alpha value is -0.0400. The number of rotatable bonds is 6. The lowest BCUT2D eigenvalue weighted by Crippen LogP contribution is -2.36. The Bertz CT molecular complexity index is 261. The van der Waals surface area contributed by atoms with Gasteiger partial charge in [0.25, 0.3) is 0 Å². The zero-order valence-electron chi connectivity index (χ0n) is 16.2. The fourth-order valence-electron chi connectivity index (χ4n) is 3.91. The summed E-state index contributed by atoms with van der Waals surface area (Å²) < 4.78 is 0. The van der Waals surface area contributed by atoms with Gasteiger partial charge in [0.1, 0.15) is 0 Å². The van der Waals surface area contributed by atoms with Crippen LogP contribution in [0, 0.1) is 17.8 Å². The van der Waals surface area contributed by atoms with Crippen molar-refractivity contribution in [3.63, 3.8) is 0 Å². The molecule has 1 heterocycles. The first-order valence-corrected chi connectivity index (χ1v) is 10.3. The van der Waals surface area contributed by atoms with Crippen molar-refractivity contribution in [1.29, 1.82) is 0 Å². The maximum absolute atomic E-state index is 3.95. The quantitative estimate of drug-likeness (QED) is 0.585. The van der Waals surface area contributed by atoms with E-state index in [1.54, 1.807) is 0 Å². The smallest absolute Gasteiger partial charge is 0.00695 e. The van der Waals surface area contributed by atoms with Crippen LogP contribution in [-0.2, 0) is 0 Å². The Labute approximate surface area is 141 Å². The van der Waals surface area contributed by atoms with Crippen LogP contribution in [0.1, 0.15) is 105 Å². The highest BCUT2D eigenvalue weighted by Gasteiger charge is 2.16. The third-order valence-corrected chi connectivity index (χ3v) is 6.11. The lowest BCUT2D eigenvalue weighted by atomic mass is 9.90. The third kappa shape index (κ3) is 8.56. The average molecular weight is 310 g/mol. The lowest BCUT2D eigenvalue weighted by molar-refractivity contribution is 0.335. The van der Waals surface area contributed by atoms with Gasteiger partial charge in [-0.1, -0.05) is 79.1 Å². The average Bonchev–Trinajstić information content (AvgIpc) is 2.51. The molecule has 0 saturated carbocycles. The van der Waals surface area contributed by atoms with Crippen LogP contribution in [0.15, 0.2) is 0 Å². The van der Waals surface area contributed by atoms with Crippen LogP contribution in [0.3, 0.4) is 0 Å². The summed E-state index contributed by atoms with van der Waals surface area (Å²) in [6, 6.07) is 1.48. The Balaban J connectivity index is 2.37. The molecule has 0 radical (unpaired) electrons. The van der Waals surface area contributed by atoms with Crippen molar-refractivity contribution in [2.24, 2.45) is 17.8 Å². The molecule has 0 aromatic heterocycles. The molecule has 4 unspecified atom stereocenters. The maximum atomic E-state index is 3.95. The summed E-state index contributed by atoms with van der Waals surface area (Å²) in [5, 5.41) is 3.95. The highest BCUT2D eigenvalue weighted by Crippen LogP contribution is 2.24. The molecule has 0 bridgehead atoms. The van der Waals surface area contributed by atoms with Gasteiger partial charge in [-0.05, 0) is 43.9 Å². The van der Waals surface area contributed by atoms with E-state index in [-0.39, 0.29) is 0 Å². The third-order valence-electron chi connectivity index (χ3n) is 6.11. The van der Waals surface area contributed by atoms with E-state index in [2.05, 4.69) is 39.9 Å². The van der Waals surface area contributed by atoms with Crippen molar-refractivity contribution in [2.45, 2.75) is 117 Å². The van der Waals surface area contributed by atoms with Crippen molar-refractivity contribution in [3.05, 3.63) is 0 Å². The van der Waals surface area contributed by atoms with Gasteiger partial charge >= 0.3 is 0 Å². The molecule has 1 saturated heterocycles. The highest BCUT2D eigenvalue weighted by atomic mass is 14.9. The van der Waals surface area contributed by atoms with Crippen LogP contribution in [-0.4, -0.2) is 12.1 Å². The lowest BCUT2D eigenvalue weighted by Gasteiger charge is -2.24. The second-order valence-corrected chi connectivity index (χ2v) is 8.41. The monoisotopic (exact) mass is 309 g/mol. The first kappa shape index (κ1) is 20.0. The molecule has 1 aliphatic rings. The Morgan fingerprint density at radius 2 is 1.64 bits per heavy atom. The molecule has 0 aromatic rings. The largest absolute Gasteiger partial charge is 0.312 e. The van der Waals surface area contributed by atoms with Gasteiger partial charge in [-0.15, -0.1) is 0 Å². The summed E-state index contributed by atoms with van der Waals surface area (Å²) in [7, 11) is 0. The normalized spacial score (nSPS) is 30.0. The summed E-state index contributed by atoms with van der Waals surface area (Å²) in [5.74, 6) is 2.71. The van der Waals surface area contributed by atoms with Gasteiger partial charge in [0.2, 0.25) is 0 Å². The Morgan fingerprint density at radius 3 is 2.32 bits per heavy atom. The molecule has 0 spiro atoms. The molecule has 4 atom stereocenters. The van der Waals surface area contributed by atoms with E-state index in [0.717, 1.165) is 23.8 Å². The molecule has 1 fully saturated rings. The van der Waals surface area contributed by atoms with Crippen LogP contribution >= 0.6 is 0 Å². The molecule has 0 amide bonds. The van der Waals surface area contributed by atoms with Crippen molar-refractivity contribution in [3.8, 4) is 0 Å². The number of hydrogen-bond acceptors (Lipinski definition) is 1. The molecule has 132 valence electrons. The minimum Gasteiger partial charge on any atom is -0.312 e. The Morgan fingerprint density at radius 1 is 0.955 bits per heavy atom. The minimum absolute atomic E-state index is 0.711. The van der Waals surface area contributed by atoms with Crippen LogP contribution in [0.5, 0.6) is 0 Å². The van der Waals surface area contributed by atoms with E-state index in [4.69, 9.17) is 0 Å². The molecule has 1 N–H and O–H groups in total. The van der Waals surface area contributed by atoms with E-state index < -0.39 is 0 Å². The molecular weight excluding hydrogens is 266 g/mol. The van der Waals surface area contributed by atoms with Crippen LogP contribution in [0.2, 0.25) is 0 Å². The zero-order chi connectivity index (χ0) is 16.4. The first-order chi connectivity index (χ1) is 10.5. The summed E-state index contributed by atoms with van der Waals surface area (Å²) in [4.78, 5) is 0. The predicted molar refractivity (Wildman–Crippen MR) is 100 cm³/mol.